The molecular weight excluding hydrogens is 459 g/mol. The first-order chi connectivity index (χ1) is 16.5. The lowest BCUT2D eigenvalue weighted by molar-refractivity contribution is -0.130. The van der Waals surface area contributed by atoms with E-state index in [4.69, 9.17) is 4.74 Å². The van der Waals surface area contributed by atoms with Gasteiger partial charge in [-0.3, -0.25) is 9.69 Å². The maximum atomic E-state index is 15.1. The summed E-state index contributed by atoms with van der Waals surface area (Å²) >= 11 is 0. The molecule has 6 nitrogen and oxygen atoms in total. The molecule has 192 valence electrons. The smallest absolute Gasteiger partial charge is 0.285 e. The topological polar surface area (TPSA) is 57.9 Å². The Bertz CT molecular complexity index is 1090. The molecule has 2 fully saturated rings. The summed E-state index contributed by atoms with van der Waals surface area (Å²) in [7, 11) is 3.46. The number of likely N-dealkylation sites (tertiary alicyclic amines) is 1. The lowest BCUT2D eigenvalue weighted by atomic mass is 9.71. The molecule has 0 radical (unpaired) electrons. The molecule has 0 unspecified atom stereocenters. The van der Waals surface area contributed by atoms with Gasteiger partial charge >= 0.3 is 0 Å². The number of halogens is 3. The van der Waals surface area contributed by atoms with E-state index in [9.17, 15) is 18.7 Å². The van der Waals surface area contributed by atoms with Crippen molar-refractivity contribution in [1.29, 1.82) is 0 Å². The van der Waals surface area contributed by atoms with Crippen molar-refractivity contribution in [3.05, 3.63) is 46.3 Å². The van der Waals surface area contributed by atoms with Gasteiger partial charge in [0.05, 0.1) is 29.6 Å². The maximum Gasteiger partial charge on any atom is 0.285 e. The van der Waals surface area contributed by atoms with E-state index in [0.29, 0.717) is 68.9 Å². The Hall–Kier alpha value is -2.26. The predicted octanol–water partition coefficient (Wildman–Crippen LogP) is 4.04. The molecule has 1 N–H and O–H groups in total. The van der Waals surface area contributed by atoms with Gasteiger partial charge in [-0.15, -0.1) is 0 Å². The van der Waals surface area contributed by atoms with Gasteiger partial charge in [-0.05, 0) is 58.1 Å². The van der Waals surface area contributed by atoms with Gasteiger partial charge in [0.15, 0.2) is 0 Å². The number of alkyl halides is 2. The fraction of sp³-hybridized carbons (Fsp3) is 0.654. The van der Waals surface area contributed by atoms with Crippen molar-refractivity contribution in [2.75, 3.05) is 33.8 Å². The third kappa shape index (κ3) is 3.82. The number of aromatic nitrogens is 1. The van der Waals surface area contributed by atoms with E-state index >= 15 is 4.39 Å². The molecule has 1 saturated heterocycles. The number of amides is 1. The average Bonchev–Trinajstić information content (AvgIpc) is 3.17. The Morgan fingerprint density at radius 2 is 1.80 bits per heavy atom. The van der Waals surface area contributed by atoms with E-state index in [0.717, 1.165) is 37.8 Å². The van der Waals surface area contributed by atoms with Crippen LogP contribution in [0.2, 0.25) is 0 Å². The minimum absolute atomic E-state index is 0.0795. The molecule has 35 heavy (non-hydrogen) atoms. The number of hydrogen-bond acceptors (Lipinski definition) is 4. The second-order valence-electron chi connectivity index (χ2n) is 10.6. The fourth-order valence-corrected chi connectivity index (χ4v) is 6.46. The van der Waals surface area contributed by atoms with Gasteiger partial charge in [0, 0.05) is 50.3 Å². The number of carbonyl (C=O) groups excluding carboxylic acids is 1. The highest BCUT2D eigenvalue weighted by atomic mass is 19.3. The highest BCUT2D eigenvalue weighted by Crippen LogP contribution is 2.46. The van der Waals surface area contributed by atoms with Crippen LogP contribution in [0.4, 0.5) is 13.2 Å². The fourth-order valence-electron chi connectivity index (χ4n) is 6.46. The van der Waals surface area contributed by atoms with Crippen molar-refractivity contribution in [3.63, 3.8) is 0 Å². The number of fused-ring (bicyclic) bond motifs is 2. The van der Waals surface area contributed by atoms with Crippen LogP contribution >= 0.6 is 0 Å². The number of allylic oxidation sites excluding steroid dienone is 1. The molecule has 2 aliphatic carbocycles. The normalized spacial score (nSPS) is 24.2. The molecule has 2 aliphatic heterocycles. The van der Waals surface area contributed by atoms with Crippen molar-refractivity contribution < 1.29 is 27.8 Å². The molecule has 1 spiro atoms. The molecule has 0 bridgehead atoms. The third-order valence-corrected chi connectivity index (χ3v) is 8.69. The average molecular weight is 494 g/mol. The number of aliphatic hydroxyl groups is 1. The van der Waals surface area contributed by atoms with Crippen LogP contribution in [0.3, 0.4) is 0 Å². The quantitative estimate of drug-likeness (QED) is 0.688. The molecule has 1 saturated carbocycles. The largest absolute Gasteiger partial charge is 0.497 e. The van der Waals surface area contributed by atoms with Crippen LogP contribution in [-0.2, 0) is 27.5 Å². The third-order valence-electron chi connectivity index (χ3n) is 8.69. The second-order valence-corrected chi connectivity index (χ2v) is 10.6. The summed E-state index contributed by atoms with van der Waals surface area (Å²) < 4.78 is 50.5. The SMILES string of the molecule is COC1=C(C2(O)CCC2)CCC(C(=O)N2CCC3(CC2)c2c(F)cc(C(C)(F)F)n2CCN3C)=C1. The Morgan fingerprint density at radius 1 is 1.11 bits per heavy atom. The number of rotatable bonds is 4. The zero-order valence-corrected chi connectivity index (χ0v) is 20.7. The number of hydrogen-bond donors (Lipinski definition) is 1. The van der Waals surface area contributed by atoms with E-state index in [2.05, 4.69) is 4.90 Å². The summed E-state index contributed by atoms with van der Waals surface area (Å²) in [6, 6.07) is 0.979. The molecule has 1 aromatic rings. The van der Waals surface area contributed by atoms with E-state index in [1.165, 1.54) is 4.57 Å². The van der Waals surface area contributed by atoms with Gasteiger partial charge in [-0.25, -0.2) is 13.2 Å². The Kier molecular flexibility index (Phi) is 5.87. The summed E-state index contributed by atoms with van der Waals surface area (Å²) in [5.41, 5.74) is 0.0165. The first-order valence-corrected chi connectivity index (χ1v) is 12.5. The maximum absolute atomic E-state index is 15.1. The number of methoxy groups -OCH3 is 1. The lowest BCUT2D eigenvalue weighted by Gasteiger charge is -2.50. The second kappa shape index (κ2) is 8.40. The van der Waals surface area contributed by atoms with Gasteiger partial charge in [-0.2, -0.15) is 0 Å². The molecule has 5 rings (SSSR count). The van der Waals surface area contributed by atoms with Crippen molar-refractivity contribution >= 4 is 5.91 Å². The zero-order chi connectivity index (χ0) is 25.2. The van der Waals surface area contributed by atoms with Gasteiger partial charge in [0.1, 0.15) is 11.6 Å². The van der Waals surface area contributed by atoms with Gasteiger partial charge in [-0.1, -0.05) is 0 Å². The number of ether oxygens (including phenoxy) is 1. The molecule has 0 aromatic carbocycles. The van der Waals surface area contributed by atoms with Crippen LogP contribution in [0.25, 0.3) is 0 Å². The molecular formula is C26H34F3N3O3. The number of nitrogens with zero attached hydrogens (tertiary/aromatic N) is 3. The van der Waals surface area contributed by atoms with Crippen LogP contribution in [0.1, 0.15) is 63.3 Å². The predicted molar refractivity (Wildman–Crippen MR) is 124 cm³/mol. The summed E-state index contributed by atoms with van der Waals surface area (Å²) in [5.74, 6) is -3.23. The minimum atomic E-state index is -3.13. The van der Waals surface area contributed by atoms with Crippen LogP contribution in [0, 0.1) is 5.82 Å². The molecule has 4 aliphatic rings. The monoisotopic (exact) mass is 493 g/mol. The number of piperidine rings is 1. The summed E-state index contributed by atoms with van der Waals surface area (Å²) in [5, 5.41) is 10.8. The Balaban J connectivity index is 1.37. The molecule has 1 amide bonds. The lowest BCUT2D eigenvalue weighted by Crippen LogP contribution is -2.57. The van der Waals surface area contributed by atoms with Crippen molar-refractivity contribution in [2.24, 2.45) is 0 Å². The first kappa shape index (κ1) is 24.4. The Labute approximate surface area is 204 Å². The zero-order valence-electron chi connectivity index (χ0n) is 20.7. The van der Waals surface area contributed by atoms with Crippen LogP contribution < -0.4 is 0 Å². The Morgan fingerprint density at radius 3 is 2.37 bits per heavy atom. The highest BCUT2D eigenvalue weighted by Gasteiger charge is 2.49. The van der Waals surface area contributed by atoms with Crippen molar-refractivity contribution in [3.8, 4) is 0 Å². The van der Waals surface area contributed by atoms with Gasteiger partial charge < -0.3 is 19.3 Å². The molecule has 3 heterocycles. The molecule has 1 aromatic heterocycles. The van der Waals surface area contributed by atoms with Crippen LogP contribution in [-0.4, -0.2) is 64.8 Å². The summed E-state index contributed by atoms with van der Waals surface area (Å²) in [6.07, 6.45) is 6.25. The number of carbonyl (C=O) groups is 1. The van der Waals surface area contributed by atoms with E-state index in [-0.39, 0.29) is 11.6 Å². The van der Waals surface area contributed by atoms with E-state index in [1.807, 2.05) is 7.05 Å². The van der Waals surface area contributed by atoms with E-state index in [1.54, 1.807) is 18.1 Å². The molecule has 0 atom stereocenters. The van der Waals surface area contributed by atoms with Crippen LogP contribution in [0.5, 0.6) is 0 Å². The molecule has 9 heteroatoms. The first-order valence-electron chi connectivity index (χ1n) is 12.5. The van der Waals surface area contributed by atoms with Crippen LogP contribution in [0.15, 0.2) is 29.0 Å². The van der Waals surface area contributed by atoms with Gasteiger partial charge in [0.2, 0.25) is 5.91 Å². The summed E-state index contributed by atoms with van der Waals surface area (Å²) in [6.45, 7) is 2.47. The highest BCUT2D eigenvalue weighted by molar-refractivity contribution is 5.94. The van der Waals surface area contributed by atoms with E-state index < -0.39 is 22.9 Å². The van der Waals surface area contributed by atoms with Gasteiger partial charge in [0.25, 0.3) is 5.92 Å². The summed E-state index contributed by atoms with van der Waals surface area (Å²) in [4.78, 5) is 17.2. The van der Waals surface area contributed by atoms with Crippen molar-refractivity contribution in [2.45, 2.75) is 75.5 Å². The van der Waals surface area contributed by atoms with Crippen molar-refractivity contribution in [1.82, 2.24) is 14.4 Å². The number of likely N-dealkylation sites (N-methyl/N-ethyl adjacent to an activating group) is 1. The minimum Gasteiger partial charge on any atom is -0.497 e. The standard InChI is InChI=1S/C26H34F3N3O3/c1-24(28,29)21-16-19(27)22-25(30(2)13-14-32(21)22)9-11-31(12-10-25)23(33)17-5-6-18(20(15-17)35-3)26(34)7-4-8-26/h15-16,34H,4-14H2,1-3H3.